The summed E-state index contributed by atoms with van der Waals surface area (Å²) in [5.41, 5.74) is 3.67. The number of carbonyl (C=O) groups excluding carboxylic acids is 1. The Labute approximate surface area is 126 Å². The van der Waals surface area contributed by atoms with Gasteiger partial charge in [0.25, 0.3) is 0 Å². The molecule has 0 fully saturated rings. The molecule has 0 saturated heterocycles. The van der Waals surface area contributed by atoms with Crippen LogP contribution in [-0.2, 0) is 5.41 Å². The van der Waals surface area contributed by atoms with Gasteiger partial charge < -0.3 is 4.74 Å². The van der Waals surface area contributed by atoms with E-state index in [9.17, 15) is 4.79 Å². The minimum Gasteiger partial charge on any atom is -0.496 e. The van der Waals surface area contributed by atoms with E-state index in [2.05, 4.69) is 20.8 Å². The molecule has 0 heterocycles. The Kier molecular flexibility index (Phi) is 4.17. The third kappa shape index (κ3) is 3.33. The van der Waals surface area contributed by atoms with Crippen LogP contribution in [0.4, 0.5) is 0 Å². The van der Waals surface area contributed by atoms with Crippen LogP contribution in [0.25, 0.3) is 0 Å². The van der Waals surface area contributed by atoms with Gasteiger partial charge in [-0.05, 0) is 35.6 Å². The van der Waals surface area contributed by atoms with Crippen molar-refractivity contribution in [3.8, 4) is 5.75 Å². The van der Waals surface area contributed by atoms with E-state index in [-0.39, 0.29) is 11.2 Å². The average molecular weight is 282 g/mol. The second kappa shape index (κ2) is 5.72. The molecule has 0 atom stereocenters. The summed E-state index contributed by atoms with van der Waals surface area (Å²) in [6.45, 7) is 8.46. The van der Waals surface area contributed by atoms with Gasteiger partial charge in [-0.3, -0.25) is 4.79 Å². The van der Waals surface area contributed by atoms with E-state index in [0.717, 1.165) is 5.56 Å². The number of ketones is 1. The topological polar surface area (TPSA) is 26.3 Å². The monoisotopic (exact) mass is 282 g/mol. The van der Waals surface area contributed by atoms with Crippen LogP contribution in [0.15, 0.2) is 42.5 Å². The summed E-state index contributed by atoms with van der Waals surface area (Å²) in [5, 5.41) is 0. The number of methoxy groups -OCH3 is 1. The van der Waals surface area contributed by atoms with Gasteiger partial charge in [-0.2, -0.15) is 0 Å². The highest BCUT2D eigenvalue weighted by atomic mass is 16.5. The first-order valence-corrected chi connectivity index (χ1v) is 7.13. The van der Waals surface area contributed by atoms with Crippen molar-refractivity contribution in [3.63, 3.8) is 0 Å². The van der Waals surface area contributed by atoms with Crippen molar-refractivity contribution in [2.45, 2.75) is 33.1 Å². The SMILES string of the molecule is COc1cc(C)ccc1C(=O)c1ccc(C(C)(C)C)cc1. The molecule has 21 heavy (non-hydrogen) atoms. The van der Waals surface area contributed by atoms with Crippen molar-refractivity contribution in [3.05, 3.63) is 64.7 Å². The molecule has 0 bridgehead atoms. The molecular formula is C19H22O2. The highest BCUT2D eigenvalue weighted by Gasteiger charge is 2.17. The van der Waals surface area contributed by atoms with E-state index in [1.807, 2.05) is 49.4 Å². The second-order valence-electron chi connectivity index (χ2n) is 6.36. The van der Waals surface area contributed by atoms with Gasteiger partial charge in [0.05, 0.1) is 12.7 Å². The number of hydrogen-bond acceptors (Lipinski definition) is 2. The van der Waals surface area contributed by atoms with Gasteiger partial charge >= 0.3 is 0 Å². The molecule has 0 N–H and O–H groups in total. The highest BCUT2D eigenvalue weighted by Crippen LogP contribution is 2.25. The van der Waals surface area contributed by atoms with Crippen LogP contribution in [-0.4, -0.2) is 12.9 Å². The molecular weight excluding hydrogens is 260 g/mol. The molecule has 2 nitrogen and oxygen atoms in total. The lowest BCUT2D eigenvalue weighted by Crippen LogP contribution is -2.11. The molecule has 2 rings (SSSR count). The van der Waals surface area contributed by atoms with Crippen LogP contribution >= 0.6 is 0 Å². The van der Waals surface area contributed by atoms with Gasteiger partial charge in [0.1, 0.15) is 5.75 Å². The van der Waals surface area contributed by atoms with Gasteiger partial charge in [-0.1, -0.05) is 51.1 Å². The number of hydrogen-bond donors (Lipinski definition) is 0. The molecule has 110 valence electrons. The van der Waals surface area contributed by atoms with E-state index < -0.39 is 0 Å². The Balaban J connectivity index is 2.37. The molecule has 2 aromatic rings. The van der Waals surface area contributed by atoms with Crippen molar-refractivity contribution in [2.75, 3.05) is 7.11 Å². The van der Waals surface area contributed by atoms with E-state index in [0.29, 0.717) is 16.9 Å². The van der Waals surface area contributed by atoms with Crippen LogP contribution in [0.1, 0.15) is 47.8 Å². The van der Waals surface area contributed by atoms with Crippen molar-refractivity contribution in [1.29, 1.82) is 0 Å². The lowest BCUT2D eigenvalue weighted by molar-refractivity contribution is 0.103. The zero-order valence-electron chi connectivity index (χ0n) is 13.4. The molecule has 0 unspecified atom stereocenters. The van der Waals surface area contributed by atoms with Crippen LogP contribution < -0.4 is 4.74 Å². The molecule has 0 radical (unpaired) electrons. The normalized spacial score (nSPS) is 11.3. The minimum absolute atomic E-state index is 0.00712. The molecule has 0 aliphatic carbocycles. The summed E-state index contributed by atoms with van der Waals surface area (Å²) < 4.78 is 5.33. The Hall–Kier alpha value is -2.09. The second-order valence-corrected chi connectivity index (χ2v) is 6.36. The lowest BCUT2D eigenvalue weighted by atomic mass is 9.86. The number of carbonyl (C=O) groups is 1. The third-order valence-corrected chi connectivity index (χ3v) is 3.61. The molecule has 0 amide bonds. The maximum atomic E-state index is 12.6. The zero-order valence-corrected chi connectivity index (χ0v) is 13.4. The first-order chi connectivity index (χ1) is 9.82. The average Bonchev–Trinajstić information content (AvgIpc) is 2.45. The summed E-state index contributed by atoms with van der Waals surface area (Å²) >= 11 is 0. The number of benzene rings is 2. The van der Waals surface area contributed by atoms with Crippen LogP contribution in [0.5, 0.6) is 5.75 Å². The molecule has 0 spiro atoms. The first-order valence-electron chi connectivity index (χ1n) is 7.13. The predicted octanol–water partition coefficient (Wildman–Crippen LogP) is 4.53. The van der Waals surface area contributed by atoms with E-state index >= 15 is 0 Å². The van der Waals surface area contributed by atoms with Gasteiger partial charge in [0.2, 0.25) is 0 Å². The molecule has 0 aliphatic heterocycles. The van der Waals surface area contributed by atoms with Gasteiger partial charge in [0.15, 0.2) is 5.78 Å². The Morgan fingerprint density at radius 3 is 2.14 bits per heavy atom. The Morgan fingerprint density at radius 2 is 1.62 bits per heavy atom. The van der Waals surface area contributed by atoms with Gasteiger partial charge in [0, 0.05) is 5.56 Å². The smallest absolute Gasteiger partial charge is 0.196 e. The molecule has 0 aromatic heterocycles. The van der Waals surface area contributed by atoms with E-state index in [1.54, 1.807) is 7.11 Å². The van der Waals surface area contributed by atoms with Crippen molar-refractivity contribution < 1.29 is 9.53 Å². The number of rotatable bonds is 3. The maximum absolute atomic E-state index is 12.6. The number of aryl methyl sites for hydroxylation is 1. The predicted molar refractivity (Wildman–Crippen MR) is 86.3 cm³/mol. The highest BCUT2D eigenvalue weighted by molar-refractivity contribution is 6.10. The largest absolute Gasteiger partial charge is 0.496 e. The van der Waals surface area contributed by atoms with Crippen LogP contribution in [0.2, 0.25) is 0 Å². The van der Waals surface area contributed by atoms with Gasteiger partial charge in [-0.25, -0.2) is 0 Å². The summed E-state index contributed by atoms with van der Waals surface area (Å²) in [5.74, 6) is 0.618. The third-order valence-electron chi connectivity index (χ3n) is 3.61. The standard InChI is InChI=1S/C19H22O2/c1-13-6-11-16(17(12-13)21-5)18(20)14-7-9-15(10-8-14)19(2,3)4/h6-12H,1-5H3. The Morgan fingerprint density at radius 1 is 1.00 bits per heavy atom. The maximum Gasteiger partial charge on any atom is 0.196 e. The molecule has 0 saturated carbocycles. The van der Waals surface area contributed by atoms with E-state index in [4.69, 9.17) is 4.74 Å². The fourth-order valence-corrected chi connectivity index (χ4v) is 2.26. The van der Waals surface area contributed by atoms with Crippen molar-refractivity contribution in [1.82, 2.24) is 0 Å². The fraction of sp³-hybridized carbons (Fsp3) is 0.316. The molecule has 2 heteroatoms. The summed E-state index contributed by atoms with van der Waals surface area (Å²) in [6, 6.07) is 13.5. The number of ether oxygens (including phenoxy) is 1. The van der Waals surface area contributed by atoms with Crippen LogP contribution in [0, 0.1) is 6.92 Å². The zero-order chi connectivity index (χ0) is 15.6. The molecule has 2 aromatic carbocycles. The van der Waals surface area contributed by atoms with Crippen molar-refractivity contribution in [2.24, 2.45) is 0 Å². The summed E-state index contributed by atoms with van der Waals surface area (Å²) in [6.07, 6.45) is 0. The van der Waals surface area contributed by atoms with Crippen molar-refractivity contribution >= 4 is 5.78 Å². The van der Waals surface area contributed by atoms with Gasteiger partial charge in [-0.15, -0.1) is 0 Å². The van der Waals surface area contributed by atoms with Crippen LogP contribution in [0.3, 0.4) is 0 Å². The van der Waals surface area contributed by atoms with E-state index in [1.165, 1.54) is 5.56 Å². The quantitative estimate of drug-likeness (QED) is 0.773. The summed E-state index contributed by atoms with van der Waals surface area (Å²) in [7, 11) is 1.59. The summed E-state index contributed by atoms with van der Waals surface area (Å²) in [4.78, 5) is 12.6. The minimum atomic E-state index is -0.00712. The Bertz CT molecular complexity index is 646. The first kappa shape index (κ1) is 15.3. The molecule has 0 aliphatic rings. The lowest BCUT2D eigenvalue weighted by Gasteiger charge is -2.19. The fourth-order valence-electron chi connectivity index (χ4n) is 2.26.